The zero-order valence-corrected chi connectivity index (χ0v) is 14.5. The molecule has 2 unspecified atom stereocenters. The molecule has 0 bridgehead atoms. The summed E-state index contributed by atoms with van der Waals surface area (Å²) in [5, 5.41) is 3.61. The van der Waals surface area contributed by atoms with E-state index in [0.29, 0.717) is 12.1 Å². The summed E-state index contributed by atoms with van der Waals surface area (Å²) in [4.78, 5) is 2.36. The molecule has 1 N–H and O–H groups in total. The van der Waals surface area contributed by atoms with Crippen LogP contribution in [0.15, 0.2) is 24.3 Å². The van der Waals surface area contributed by atoms with Crippen LogP contribution in [0.25, 0.3) is 0 Å². The van der Waals surface area contributed by atoms with Crippen molar-refractivity contribution in [2.24, 2.45) is 0 Å². The van der Waals surface area contributed by atoms with Crippen molar-refractivity contribution in [3.63, 3.8) is 0 Å². The van der Waals surface area contributed by atoms with Crippen molar-refractivity contribution in [2.45, 2.75) is 45.7 Å². The number of nitrogens with one attached hydrogen (secondary N) is 1. The molecule has 0 spiro atoms. The molecule has 20 heavy (non-hydrogen) atoms. The minimum absolute atomic E-state index is 0.484. The van der Waals surface area contributed by atoms with Gasteiger partial charge in [-0.15, -0.1) is 0 Å². The third-order valence-corrected chi connectivity index (χ3v) is 4.64. The van der Waals surface area contributed by atoms with Crippen molar-refractivity contribution in [1.29, 1.82) is 0 Å². The van der Waals surface area contributed by atoms with E-state index in [0.717, 1.165) is 18.7 Å². The molecule has 0 saturated heterocycles. The maximum Gasteiger partial charge on any atom is 0.0366 e. The van der Waals surface area contributed by atoms with Gasteiger partial charge in [0.05, 0.1) is 0 Å². The van der Waals surface area contributed by atoms with Crippen molar-refractivity contribution in [3.8, 4) is 0 Å². The van der Waals surface area contributed by atoms with Gasteiger partial charge in [0.1, 0.15) is 0 Å². The van der Waals surface area contributed by atoms with Crippen LogP contribution in [0.3, 0.4) is 0 Å². The van der Waals surface area contributed by atoms with Crippen molar-refractivity contribution < 1.29 is 0 Å². The van der Waals surface area contributed by atoms with Gasteiger partial charge in [-0.3, -0.25) is 0 Å². The van der Waals surface area contributed by atoms with E-state index in [1.54, 1.807) is 0 Å². The second kappa shape index (κ2) is 9.30. The molecule has 0 aliphatic heterocycles. The first-order valence-corrected chi connectivity index (χ1v) is 9.08. The van der Waals surface area contributed by atoms with Gasteiger partial charge in [0.15, 0.2) is 0 Å². The van der Waals surface area contributed by atoms with Crippen LogP contribution in [0.4, 0.5) is 5.69 Å². The van der Waals surface area contributed by atoms with E-state index in [1.807, 2.05) is 11.8 Å². The normalized spacial score (nSPS) is 14.1. The Morgan fingerprint density at radius 1 is 1.20 bits per heavy atom. The number of nitrogens with zero attached hydrogens (tertiary/aromatic N) is 1. The Bertz CT molecular complexity index is 343. The summed E-state index contributed by atoms with van der Waals surface area (Å²) in [6, 6.07) is 10.1. The van der Waals surface area contributed by atoms with E-state index < -0.39 is 0 Å². The second-order valence-corrected chi connectivity index (χ2v) is 6.33. The fraction of sp³-hybridized carbons (Fsp3) is 0.647. The van der Waals surface area contributed by atoms with Gasteiger partial charge in [-0.2, -0.15) is 11.8 Å². The first kappa shape index (κ1) is 17.4. The monoisotopic (exact) mass is 294 g/mol. The van der Waals surface area contributed by atoms with Crippen molar-refractivity contribution in [2.75, 3.05) is 30.5 Å². The van der Waals surface area contributed by atoms with E-state index >= 15 is 0 Å². The van der Waals surface area contributed by atoms with Crippen LogP contribution < -0.4 is 10.2 Å². The molecule has 0 fully saturated rings. The Labute approximate surface area is 129 Å². The minimum Gasteiger partial charge on any atom is -0.371 e. The summed E-state index contributed by atoms with van der Waals surface area (Å²) in [5.41, 5.74) is 2.70. The maximum absolute atomic E-state index is 3.61. The zero-order chi connectivity index (χ0) is 15.0. The van der Waals surface area contributed by atoms with Gasteiger partial charge >= 0.3 is 0 Å². The average Bonchev–Trinajstić information content (AvgIpc) is 2.48. The Morgan fingerprint density at radius 3 is 2.35 bits per heavy atom. The third-order valence-electron chi connectivity index (χ3n) is 3.82. The van der Waals surface area contributed by atoms with Crippen LogP contribution in [0, 0.1) is 0 Å². The Morgan fingerprint density at radius 2 is 1.85 bits per heavy atom. The molecule has 0 aromatic heterocycles. The number of rotatable bonds is 9. The van der Waals surface area contributed by atoms with Crippen molar-refractivity contribution in [3.05, 3.63) is 29.8 Å². The van der Waals surface area contributed by atoms with E-state index in [-0.39, 0.29) is 0 Å². The highest BCUT2D eigenvalue weighted by Gasteiger charge is 2.11. The first-order valence-electron chi connectivity index (χ1n) is 7.69. The maximum atomic E-state index is 3.61. The highest BCUT2D eigenvalue weighted by atomic mass is 32.2. The molecule has 2 atom stereocenters. The van der Waals surface area contributed by atoms with E-state index in [4.69, 9.17) is 0 Å². The van der Waals surface area contributed by atoms with Crippen LogP contribution in [0.2, 0.25) is 0 Å². The number of hydrogen-bond acceptors (Lipinski definition) is 3. The summed E-state index contributed by atoms with van der Waals surface area (Å²) >= 11 is 1.90. The summed E-state index contributed by atoms with van der Waals surface area (Å²) < 4.78 is 0. The summed E-state index contributed by atoms with van der Waals surface area (Å²) in [6.07, 6.45) is 4.49. The van der Waals surface area contributed by atoms with Crippen molar-refractivity contribution in [1.82, 2.24) is 5.32 Å². The van der Waals surface area contributed by atoms with Crippen LogP contribution in [0.1, 0.15) is 45.2 Å². The van der Waals surface area contributed by atoms with Crippen molar-refractivity contribution >= 4 is 17.4 Å². The van der Waals surface area contributed by atoms with Crippen LogP contribution in [0.5, 0.6) is 0 Å². The fourth-order valence-corrected chi connectivity index (χ4v) is 3.07. The predicted molar refractivity (Wildman–Crippen MR) is 94.0 cm³/mol. The molecule has 3 heteroatoms. The highest BCUT2D eigenvalue weighted by molar-refractivity contribution is 7.98. The first-order chi connectivity index (χ1) is 9.63. The molecule has 114 valence electrons. The van der Waals surface area contributed by atoms with Gasteiger partial charge in [-0.1, -0.05) is 26.0 Å². The molecule has 1 aromatic rings. The Balaban J connectivity index is 2.71. The molecule has 0 amide bonds. The lowest BCUT2D eigenvalue weighted by atomic mass is 10.0. The van der Waals surface area contributed by atoms with E-state index in [9.17, 15) is 0 Å². The largest absolute Gasteiger partial charge is 0.371 e. The molecule has 0 heterocycles. The molecular formula is C17H30N2S. The molecule has 0 radical (unpaired) electrons. The van der Waals surface area contributed by atoms with Gasteiger partial charge in [0, 0.05) is 30.6 Å². The molecule has 0 aliphatic carbocycles. The number of benzene rings is 1. The van der Waals surface area contributed by atoms with Gasteiger partial charge in [-0.05, 0) is 50.3 Å². The second-order valence-electron chi connectivity index (χ2n) is 5.42. The molecule has 2 nitrogen and oxygen atoms in total. The van der Waals surface area contributed by atoms with Crippen LogP contribution in [-0.2, 0) is 0 Å². The predicted octanol–water partition coefficient (Wildman–Crippen LogP) is 4.33. The quantitative estimate of drug-likeness (QED) is 0.730. The standard InChI is InChI=1S/C17H30N2S/c1-6-12-18-17(7-2)15-8-10-16(11-9-15)19(4)14(3)13-20-5/h8-11,14,17-18H,6-7,12-13H2,1-5H3. The Hall–Kier alpha value is -0.670. The van der Waals surface area contributed by atoms with Crippen LogP contribution >= 0.6 is 11.8 Å². The molecule has 1 rings (SSSR count). The smallest absolute Gasteiger partial charge is 0.0366 e. The number of thioether (sulfide) groups is 1. The average molecular weight is 295 g/mol. The lowest BCUT2D eigenvalue weighted by Crippen LogP contribution is -2.30. The number of hydrogen-bond donors (Lipinski definition) is 1. The van der Waals surface area contributed by atoms with E-state index in [1.165, 1.54) is 17.7 Å². The zero-order valence-electron chi connectivity index (χ0n) is 13.6. The molecule has 0 aliphatic rings. The number of anilines is 1. The summed E-state index contributed by atoms with van der Waals surface area (Å²) in [7, 11) is 2.18. The topological polar surface area (TPSA) is 15.3 Å². The minimum atomic E-state index is 0.484. The van der Waals surface area contributed by atoms with Gasteiger partial charge < -0.3 is 10.2 Å². The lowest BCUT2D eigenvalue weighted by Gasteiger charge is -2.27. The summed E-state index contributed by atoms with van der Waals surface area (Å²) in [6.45, 7) is 7.83. The lowest BCUT2D eigenvalue weighted by molar-refractivity contribution is 0.518. The van der Waals surface area contributed by atoms with Crippen LogP contribution in [-0.4, -0.2) is 31.6 Å². The molecular weight excluding hydrogens is 264 g/mol. The molecule has 0 saturated carbocycles. The van der Waals surface area contributed by atoms with Gasteiger partial charge in [0.25, 0.3) is 0 Å². The summed E-state index contributed by atoms with van der Waals surface area (Å²) in [5.74, 6) is 1.16. The van der Waals surface area contributed by atoms with Gasteiger partial charge in [-0.25, -0.2) is 0 Å². The Kier molecular flexibility index (Phi) is 8.08. The van der Waals surface area contributed by atoms with E-state index in [2.05, 4.69) is 68.6 Å². The van der Waals surface area contributed by atoms with Gasteiger partial charge in [0.2, 0.25) is 0 Å². The third kappa shape index (κ3) is 5.02. The SMILES string of the molecule is CCCNC(CC)c1ccc(N(C)C(C)CSC)cc1. The highest BCUT2D eigenvalue weighted by Crippen LogP contribution is 2.22. The molecule has 1 aromatic carbocycles. The fourth-order valence-electron chi connectivity index (χ4n) is 2.37.